The molecule has 1 fully saturated rings. The second-order valence-corrected chi connectivity index (χ2v) is 10.4. The number of imidazole rings is 1. The zero-order valence-electron chi connectivity index (χ0n) is 19.6. The molecular formula is C26H25ClFN5O2S. The van der Waals surface area contributed by atoms with E-state index in [9.17, 15) is 9.18 Å². The van der Waals surface area contributed by atoms with Crippen LogP contribution in [0.3, 0.4) is 0 Å². The van der Waals surface area contributed by atoms with Crippen molar-refractivity contribution in [3.8, 4) is 22.9 Å². The maximum absolute atomic E-state index is 14.0. The van der Waals surface area contributed by atoms with Crippen molar-refractivity contribution in [3.63, 3.8) is 0 Å². The van der Waals surface area contributed by atoms with Crippen molar-refractivity contribution in [2.24, 2.45) is 11.7 Å². The molecule has 1 saturated heterocycles. The van der Waals surface area contributed by atoms with E-state index in [0.717, 1.165) is 36.2 Å². The first-order valence-corrected chi connectivity index (χ1v) is 13.2. The molecule has 7 nitrogen and oxygen atoms in total. The molecule has 2 aromatic heterocycles. The molecule has 2 aromatic carbocycles. The number of anilines is 1. The first-order chi connectivity index (χ1) is 17.4. The number of hydrogen-bond donors (Lipinski definition) is 2. The number of nitrogens with one attached hydrogen (secondary N) is 1. The minimum atomic E-state index is -0.572. The number of nitrogens with zero attached hydrogens (tertiary/aromatic N) is 3. The Balaban J connectivity index is 1.55. The first-order valence-electron chi connectivity index (χ1n) is 11.6. The molecule has 1 aliphatic rings. The van der Waals surface area contributed by atoms with Gasteiger partial charge in [-0.2, -0.15) is 11.8 Å². The molecule has 0 aliphatic carbocycles. The van der Waals surface area contributed by atoms with Crippen LogP contribution in [-0.4, -0.2) is 38.6 Å². The second-order valence-electron chi connectivity index (χ2n) is 8.78. The highest BCUT2D eigenvalue weighted by Gasteiger charge is 2.18. The lowest BCUT2D eigenvalue weighted by molar-refractivity contribution is 0.0999. The summed E-state index contributed by atoms with van der Waals surface area (Å²) in [5.41, 5.74) is 9.64. The topological polar surface area (TPSA) is 94.5 Å². The van der Waals surface area contributed by atoms with Crippen LogP contribution in [0.25, 0.3) is 16.9 Å². The van der Waals surface area contributed by atoms with Crippen molar-refractivity contribution in [1.82, 2.24) is 14.6 Å². The number of fused-ring (bicyclic) bond motifs is 1. The summed E-state index contributed by atoms with van der Waals surface area (Å²) in [6, 6.07) is 11.4. The van der Waals surface area contributed by atoms with E-state index in [1.54, 1.807) is 28.9 Å². The van der Waals surface area contributed by atoms with Crippen molar-refractivity contribution in [2.75, 3.05) is 23.4 Å². The molecule has 0 spiro atoms. The Labute approximate surface area is 217 Å². The normalized spacial score (nSPS) is 14.2. The summed E-state index contributed by atoms with van der Waals surface area (Å²) < 4.78 is 21.6. The number of nitrogens with two attached hydrogens (primary N) is 1. The van der Waals surface area contributed by atoms with Crippen LogP contribution in [0.1, 0.15) is 28.8 Å². The maximum atomic E-state index is 14.0. The van der Waals surface area contributed by atoms with Gasteiger partial charge in [0.1, 0.15) is 11.6 Å². The summed E-state index contributed by atoms with van der Waals surface area (Å²) in [5.74, 6) is 2.42. The molecular weight excluding hydrogens is 501 g/mol. The van der Waals surface area contributed by atoms with Crippen LogP contribution < -0.4 is 15.8 Å². The molecule has 0 atom stereocenters. The van der Waals surface area contributed by atoms with E-state index in [0.29, 0.717) is 22.8 Å². The van der Waals surface area contributed by atoms with Crippen LogP contribution in [0.15, 0.2) is 48.7 Å². The fourth-order valence-electron chi connectivity index (χ4n) is 4.29. The second kappa shape index (κ2) is 10.4. The third-order valence-electron chi connectivity index (χ3n) is 6.27. The molecule has 5 rings (SSSR count). The van der Waals surface area contributed by atoms with Gasteiger partial charge in [-0.25, -0.2) is 13.9 Å². The molecule has 186 valence electrons. The number of primary amides is 1. The largest absolute Gasteiger partial charge is 0.437 e. The van der Waals surface area contributed by atoms with Gasteiger partial charge in [0.2, 0.25) is 11.8 Å². The monoisotopic (exact) mass is 525 g/mol. The van der Waals surface area contributed by atoms with Crippen LogP contribution in [0, 0.1) is 18.7 Å². The van der Waals surface area contributed by atoms with Gasteiger partial charge >= 0.3 is 0 Å². The fourth-order valence-corrected chi connectivity index (χ4v) is 5.61. The number of thioether (sulfide) groups is 1. The molecule has 3 N–H and O–H groups in total. The lowest BCUT2D eigenvalue weighted by atomic mass is 10.0. The van der Waals surface area contributed by atoms with Crippen molar-refractivity contribution in [2.45, 2.75) is 19.8 Å². The lowest BCUT2D eigenvalue weighted by Crippen LogP contribution is -2.19. The predicted octanol–water partition coefficient (Wildman–Crippen LogP) is 5.94. The number of halogens is 2. The van der Waals surface area contributed by atoms with Crippen LogP contribution in [-0.2, 0) is 0 Å². The third-order valence-corrected chi connectivity index (χ3v) is 7.62. The lowest BCUT2D eigenvalue weighted by Gasteiger charge is -2.22. The van der Waals surface area contributed by atoms with E-state index in [1.165, 1.54) is 23.6 Å². The van der Waals surface area contributed by atoms with E-state index < -0.39 is 11.7 Å². The van der Waals surface area contributed by atoms with Crippen LogP contribution in [0.5, 0.6) is 11.6 Å². The Bertz CT molecular complexity index is 1440. The standard InChI is InChI=1S/C26H25ClFN5O2S/c1-15-10-17(2-4-19(15)25(29)34)23-14-31-26-22(30-13-16-6-8-36-9-7-16)12-24(32-33(23)26)35-18-3-5-20(27)21(28)11-18/h2-5,10-12,14,16,30H,6-9,13H2,1H3,(H2,29,34). The number of carbonyl (C=O) groups is 1. The van der Waals surface area contributed by atoms with Gasteiger partial charge in [-0.1, -0.05) is 17.7 Å². The molecule has 0 unspecified atom stereocenters. The Morgan fingerprint density at radius 1 is 1.25 bits per heavy atom. The van der Waals surface area contributed by atoms with Crippen molar-refractivity contribution in [3.05, 3.63) is 70.6 Å². The van der Waals surface area contributed by atoms with Gasteiger partial charge in [-0.3, -0.25) is 4.79 Å². The predicted molar refractivity (Wildman–Crippen MR) is 142 cm³/mol. The molecule has 0 bridgehead atoms. The van der Waals surface area contributed by atoms with Gasteiger partial charge in [-0.15, -0.1) is 5.10 Å². The van der Waals surface area contributed by atoms with Gasteiger partial charge in [0.15, 0.2) is 5.65 Å². The van der Waals surface area contributed by atoms with Crippen molar-refractivity contribution in [1.29, 1.82) is 0 Å². The molecule has 1 amide bonds. The zero-order chi connectivity index (χ0) is 25.2. The first kappa shape index (κ1) is 24.4. The van der Waals surface area contributed by atoms with E-state index in [1.807, 2.05) is 30.8 Å². The van der Waals surface area contributed by atoms with Gasteiger partial charge < -0.3 is 15.8 Å². The number of aryl methyl sites for hydroxylation is 1. The SMILES string of the molecule is Cc1cc(-c2cnc3c(NCC4CCSCC4)cc(Oc4ccc(Cl)c(F)c4)nn23)ccc1C(N)=O. The molecule has 4 aromatic rings. The Morgan fingerprint density at radius 2 is 2.06 bits per heavy atom. The molecule has 36 heavy (non-hydrogen) atoms. The number of benzene rings is 2. The summed E-state index contributed by atoms with van der Waals surface area (Å²) in [5, 5.41) is 8.20. The quantitative estimate of drug-likeness (QED) is 0.310. The molecule has 3 heterocycles. The summed E-state index contributed by atoms with van der Waals surface area (Å²) in [6.07, 6.45) is 4.06. The Morgan fingerprint density at radius 3 is 2.78 bits per heavy atom. The summed E-state index contributed by atoms with van der Waals surface area (Å²) in [6.45, 7) is 2.64. The molecule has 1 aliphatic heterocycles. The minimum Gasteiger partial charge on any atom is -0.437 e. The minimum absolute atomic E-state index is 0.0189. The number of carbonyl (C=O) groups excluding carboxylic acids is 1. The third kappa shape index (κ3) is 5.12. The average molecular weight is 526 g/mol. The van der Waals surface area contributed by atoms with E-state index >= 15 is 0 Å². The number of hydrogen-bond acceptors (Lipinski definition) is 6. The maximum Gasteiger partial charge on any atom is 0.248 e. The highest BCUT2D eigenvalue weighted by molar-refractivity contribution is 7.99. The van der Waals surface area contributed by atoms with Crippen LogP contribution in [0.4, 0.5) is 10.1 Å². The molecule has 0 radical (unpaired) electrons. The molecule has 0 saturated carbocycles. The smallest absolute Gasteiger partial charge is 0.248 e. The highest BCUT2D eigenvalue weighted by Crippen LogP contribution is 2.31. The summed E-state index contributed by atoms with van der Waals surface area (Å²) in [4.78, 5) is 16.3. The van der Waals surface area contributed by atoms with E-state index in [2.05, 4.69) is 15.4 Å². The van der Waals surface area contributed by atoms with Crippen LogP contribution in [0.2, 0.25) is 5.02 Å². The number of ether oxygens (including phenoxy) is 1. The number of rotatable bonds is 7. The van der Waals surface area contributed by atoms with E-state index in [-0.39, 0.29) is 16.7 Å². The number of amides is 1. The van der Waals surface area contributed by atoms with Crippen LogP contribution >= 0.6 is 23.4 Å². The number of aromatic nitrogens is 3. The Kier molecular flexibility index (Phi) is 7.02. The Hall–Kier alpha value is -3.30. The summed E-state index contributed by atoms with van der Waals surface area (Å²) >= 11 is 7.81. The van der Waals surface area contributed by atoms with E-state index in [4.69, 9.17) is 22.1 Å². The summed E-state index contributed by atoms with van der Waals surface area (Å²) in [7, 11) is 0. The zero-order valence-corrected chi connectivity index (χ0v) is 21.2. The fraction of sp³-hybridized carbons (Fsp3) is 0.269. The van der Waals surface area contributed by atoms with Gasteiger partial charge in [0, 0.05) is 29.8 Å². The van der Waals surface area contributed by atoms with Crippen molar-refractivity contribution >= 4 is 40.6 Å². The van der Waals surface area contributed by atoms with Gasteiger partial charge in [0.25, 0.3) is 0 Å². The average Bonchev–Trinajstić information content (AvgIpc) is 3.29. The van der Waals surface area contributed by atoms with Gasteiger partial charge in [0.05, 0.1) is 22.6 Å². The molecule has 10 heteroatoms. The van der Waals surface area contributed by atoms with Crippen molar-refractivity contribution < 1.29 is 13.9 Å². The highest BCUT2D eigenvalue weighted by atomic mass is 35.5. The van der Waals surface area contributed by atoms with Gasteiger partial charge in [-0.05, 0) is 67.0 Å².